The molecule has 0 aromatic heterocycles. The molecular weight excluding hydrogens is 327 g/mol. The molecule has 0 fully saturated rings. The summed E-state index contributed by atoms with van der Waals surface area (Å²) in [5.41, 5.74) is 0.931. The summed E-state index contributed by atoms with van der Waals surface area (Å²) in [5, 5.41) is 0. The van der Waals surface area contributed by atoms with Gasteiger partial charge in [-0.15, -0.1) is 0 Å². The summed E-state index contributed by atoms with van der Waals surface area (Å²) < 4.78 is 28.0. The lowest BCUT2D eigenvalue weighted by Gasteiger charge is -2.07. The minimum atomic E-state index is -0.673. The van der Waals surface area contributed by atoms with E-state index < -0.39 is 24.2 Å². The minimum Gasteiger partial charge on any atom is -0.497 e. The molecule has 0 aliphatic carbocycles. The van der Waals surface area contributed by atoms with Crippen molar-refractivity contribution in [2.24, 2.45) is 0 Å². The van der Waals surface area contributed by atoms with Gasteiger partial charge in [-0.1, -0.05) is 0 Å². The van der Waals surface area contributed by atoms with Crippen LogP contribution in [-0.4, -0.2) is 32.6 Å². The first-order valence-corrected chi connectivity index (χ1v) is 7.39. The van der Waals surface area contributed by atoms with E-state index in [9.17, 15) is 14.0 Å². The summed E-state index contributed by atoms with van der Waals surface area (Å²) in [6, 6.07) is 10.2. The van der Waals surface area contributed by atoms with Crippen LogP contribution in [0.1, 0.15) is 15.9 Å². The average Bonchev–Trinajstić information content (AvgIpc) is 2.64. The molecule has 6 heteroatoms. The van der Waals surface area contributed by atoms with Crippen LogP contribution in [0.3, 0.4) is 0 Å². The van der Waals surface area contributed by atoms with E-state index >= 15 is 0 Å². The van der Waals surface area contributed by atoms with E-state index in [1.165, 1.54) is 43.5 Å². The summed E-state index contributed by atoms with van der Waals surface area (Å²) in [5.74, 6) is -0.366. The Morgan fingerprint density at radius 1 is 1.04 bits per heavy atom. The molecule has 2 rings (SSSR count). The summed E-state index contributed by atoms with van der Waals surface area (Å²) in [6.45, 7) is -0.422. The molecule has 5 nitrogen and oxygen atoms in total. The van der Waals surface area contributed by atoms with Crippen LogP contribution < -0.4 is 9.47 Å². The van der Waals surface area contributed by atoms with Crippen molar-refractivity contribution < 1.29 is 28.2 Å². The molecule has 25 heavy (non-hydrogen) atoms. The van der Waals surface area contributed by atoms with Gasteiger partial charge < -0.3 is 14.2 Å². The van der Waals surface area contributed by atoms with E-state index in [0.717, 1.165) is 0 Å². The van der Waals surface area contributed by atoms with E-state index in [0.29, 0.717) is 17.1 Å². The van der Waals surface area contributed by atoms with Gasteiger partial charge in [-0.25, -0.2) is 9.18 Å². The molecular formula is C19H17FO5. The fourth-order valence-corrected chi connectivity index (χ4v) is 2.02. The summed E-state index contributed by atoms with van der Waals surface area (Å²) in [4.78, 5) is 23.6. The second kappa shape index (κ2) is 8.63. The van der Waals surface area contributed by atoms with Crippen LogP contribution in [-0.2, 0) is 9.53 Å². The van der Waals surface area contributed by atoms with Crippen molar-refractivity contribution in [3.8, 4) is 11.5 Å². The van der Waals surface area contributed by atoms with Gasteiger partial charge in [-0.05, 0) is 42.5 Å². The normalized spacial score (nSPS) is 10.5. The molecule has 0 spiro atoms. The number of carbonyl (C=O) groups is 2. The fourth-order valence-electron chi connectivity index (χ4n) is 2.02. The van der Waals surface area contributed by atoms with Gasteiger partial charge in [0.2, 0.25) is 0 Å². The number of methoxy groups -OCH3 is 2. The molecule has 0 aliphatic rings. The average molecular weight is 344 g/mol. The second-order valence-corrected chi connectivity index (χ2v) is 4.98. The topological polar surface area (TPSA) is 61.8 Å². The molecule has 0 unspecified atom stereocenters. The zero-order chi connectivity index (χ0) is 18.2. The Morgan fingerprint density at radius 2 is 1.76 bits per heavy atom. The molecule has 0 N–H and O–H groups in total. The highest BCUT2D eigenvalue weighted by Gasteiger charge is 2.09. The number of benzene rings is 2. The van der Waals surface area contributed by atoms with Crippen LogP contribution in [0.5, 0.6) is 11.5 Å². The smallest absolute Gasteiger partial charge is 0.331 e. The van der Waals surface area contributed by atoms with Crippen molar-refractivity contribution in [1.82, 2.24) is 0 Å². The number of ether oxygens (including phenoxy) is 3. The number of rotatable bonds is 7. The van der Waals surface area contributed by atoms with E-state index in [-0.39, 0.29) is 5.56 Å². The minimum absolute atomic E-state index is 0.273. The molecule has 0 aliphatic heterocycles. The molecule has 0 heterocycles. The van der Waals surface area contributed by atoms with Crippen LogP contribution in [0.15, 0.2) is 48.5 Å². The van der Waals surface area contributed by atoms with E-state index in [1.807, 2.05) is 0 Å². The van der Waals surface area contributed by atoms with Crippen molar-refractivity contribution in [1.29, 1.82) is 0 Å². The van der Waals surface area contributed by atoms with Crippen LogP contribution >= 0.6 is 0 Å². The Kier molecular flexibility index (Phi) is 6.28. The first-order valence-electron chi connectivity index (χ1n) is 7.39. The van der Waals surface area contributed by atoms with E-state index in [1.54, 1.807) is 25.3 Å². The second-order valence-electron chi connectivity index (χ2n) is 4.98. The summed E-state index contributed by atoms with van der Waals surface area (Å²) >= 11 is 0. The predicted octanol–water partition coefficient (Wildman–Crippen LogP) is 3.28. The van der Waals surface area contributed by atoms with Gasteiger partial charge in [-0.2, -0.15) is 0 Å². The summed E-state index contributed by atoms with van der Waals surface area (Å²) in [7, 11) is 3.05. The van der Waals surface area contributed by atoms with Crippen molar-refractivity contribution in [2.75, 3.05) is 20.8 Å². The third kappa shape index (κ3) is 5.17. The number of ketones is 1. The SMILES string of the molecule is COc1ccc(C=CC(=O)OCC(=O)c2ccc(F)cc2)c(OC)c1. The molecule has 0 atom stereocenters. The van der Waals surface area contributed by atoms with Crippen LogP contribution in [0.4, 0.5) is 4.39 Å². The lowest BCUT2D eigenvalue weighted by Crippen LogP contribution is -2.12. The van der Waals surface area contributed by atoms with Crippen molar-refractivity contribution in [3.05, 3.63) is 65.5 Å². The monoisotopic (exact) mass is 344 g/mol. The first kappa shape index (κ1) is 18.2. The number of halogens is 1. The van der Waals surface area contributed by atoms with Gasteiger partial charge in [-0.3, -0.25) is 4.79 Å². The standard InChI is InChI=1S/C19H17FO5/c1-23-16-9-5-14(18(11-16)24-2)6-10-19(22)25-12-17(21)13-3-7-15(20)8-4-13/h3-11H,12H2,1-2H3. The molecule has 0 radical (unpaired) electrons. The van der Waals surface area contributed by atoms with Crippen LogP contribution in [0, 0.1) is 5.82 Å². The zero-order valence-corrected chi connectivity index (χ0v) is 13.8. The van der Waals surface area contributed by atoms with Crippen molar-refractivity contribution in [2.45, 2.75) is 0 Å². The molecule has 2 aromatic carbocycles. The Bertz CT molecular complexity index is 781. The first-order chi connectivity index (χ1) is 12.0. The van der Waals surface area contributed by atoms with Gasteiger partial charge in [0.15, 0.2) is 12.4 Å². The number of carbonyl (C=O) groups excluding carboxylic acids is 2. The van der Waals surface area contributed by atoms with Gasteiger partial charge >= 0.3 is 5.97 Å². The Morgan fingerprint density at radius 3 is 2.40 bits per heavy atom. The van der Waals surface area contributed by atoms with E-state index in [4.69, 9.17) is 14.2 Å². The molecule has 0 saturated heterocycles. The highest BCUT2D eigenvalue weighted by Crippen LogP contribution is 2.25. The molecule has 130 valence electrons. The maximum atomic E-state index is 12.8. The van der Waals surface area contributed by atoms with Gasteiger partial charge in [0.25, 0.3) is 0 Å². The highest BCUT2D eigenvalue weighted by atomic mass is 19.1. The highest BCUT2D eigenvalue weighted by molar-refractivity contribution is 5.98. The molecule has 2 aromatic rings. The number of esters is 1. The Hall–Kier alpha value is -3.15. The molecule has 0 saturated carbocycles. The van der Waals surface area contributed by atoms with E-state index in [2.05, 4.69) is 0 Å². The zero-order valence-electron chi connectivity index (χ0n) is 13.8. The third-order valence-electron chi connectivity index (χ3n) is 3.35. The predicted molar refractivity (Wildman–Crippen MR) is 90.3 cm³/mol. The Balaban J connectivity index is 1.94. The van der Waals surface area contributed by atoms with Gasteiger partial charge in [0.05, 0.1) is 14.2 Å². The Labute approximate surface area is 144 Å². The summed E-state index contributed by atoms with van der Waals surface area (Å²) in [6.07, 6.45) is 2.71. The largest absolute Gasteiger partial charge is 0.497 e. The number of hydrogen-bond acceptors (Lipinski definition) is 5. The fraction of sp³-hybridized carbons (Fsp3) is 0.158. The third-order valence-corrected chi connectivity index (χ3v) is 3.35. The number of Topliss-reactive ketones (excluding diaryl/α,β-unsaturated/α-hetero) is 1. The maximum absolute atomic E-state index is 12.8. The van der Waals surface area contributed by atoms with Crippen molar-refractivity contribution in [3.63, 3.8) is 0 Å². The van der Waals surface area contributed by atoms with Crippen LogP contribution in [0.25, 0.3) is 6.08 Å². The van der Waals surface area contributed by atoms with Gasteiger partial charge in [0, 0.05) is 23.3 Å². The van der Waals surface area contributed by atoms with Crippen LogP contribution in [0.2, 0.25) is 0 Å². The maximum Gasteiger partial charge on any atom is 0.331 e. The van der Waals surface area contributed by atoms with Gasteiger partial charge in [0.1, 0.15) is 17.3 Å². The quantitative estimate of drug-likeness (QED) is 0.438. The number of hydrogen-bond donors (Lipinski definition) is 0. The lowest BCUT2D eigenvalue weighted by atomic mass is 10.1. The molecule has 0 amide bonds. The molecule has 0 bridgehead atoms. The van der Waals surface area contributed by atoms with Crippen molar-refractivity contribution >= 4 is 17.8 Å². The lowest BCUT2D eigenvalue weighted by molar-refractivity contribution is -0.136.